The van der Waals surface area contributed by atoms with Gasteiger partial charge in [-0.1, -0.05) is 51.6 Å². The van der Waals surface area contributed by atoms with E-state index in [1.54, 1.807) is 12.1 Å². The van der Waals surface area contributed by atoms with Crippen LogP contribution in [0.2, 0.25) is 0 Å². The summed E-state index contributed by atoms with van der Waals surface area (Å²) in [4.78, 5) is 34.0. The third kappa shape index (κ3) is 4.47. The number of benzene rings is 1. The molecule has 0 radical (unpaired) electrons. The van der Waals surface area contributed by atoms with Crippen molar-refractivity contribution in [2.75, 3.05) is 11.1 Å². The average Bonchev–Trinajstić information content (AvgIpc) is 2.65. The topological polar surface area (TPSA) is 74.8 Å². The van der Waals surface area contributed by atoms with Crippen LogP contribution in [0.15, 0.2) is 45.5 Å². The van der Waals surface area contributed by atoms with E-state index in [2.05, 4.69) is 38.0 Å². The molecule has 0 saturated heterocycles. The Balaban J connectivity index is 1.82. The van der Waals surface area contributed by atoms with Gasteiger partial charge < -0.3 is 10.3 Å². The average molecular weight is 442 g/mol. The number of anilines is 1. The van der Waals surface area contributed by atoms with E-state index < -0.39 is 5.92 Å². The molecule has 0 saturated carbocycles. The summed E-state index contributed by atoms with van der Waals surface area (Å²) in [5, 5.41) is 3.89. The van der Waals surface area contributed by atoms with Crippen LogP contribution in [-0.4, -0.2) is 21.5 Å². The van der Waals surface area contributed by atoms with Crippen molar-refractivity contribution in [3.63, 3.8) is 0 Å². The number of thioether (sulfide) groups is 1. The van der Waals surface area contributed by atoms with Gasteiger partial charge in [-0.15, -0.1) is 0 Å². The first kappa shape index (κ1) is 21.8. The molecule has 1 unspecified atom stereocenters. The lowest BCUT2D eigenvalue weighted by Gasteiger charge is -2.38. The molecule has 5 nitrogen and oxygen atoms in total. The molecule has 1 aliphatic carbocycles. The fraction of sp³-hybridized carbons (Fsp3) is 0.458. The van der Waals surface area contributed by atoms with Gasteiger partial charge in [0, 0.05) is 29.4 Å². The molecular formula is C24H28FN3O2S. The first-order chi connectivity index (χ1) is 14.6. The summed E-state index contributed by atoms with van der Waals surface area (Å²) >= 11 is 1.53. The maximum Gasteiger partial charge on any atom is 0.257 e. The number of aromatic nitrogens is 2. The predicted octanol–water partition coefficient (Wildman–Crippen LogP) is 5.25. The van der Waals surface area contributed by atoms with Gasteiger partial charge in [0.15, 0.2) is 10.9 Å². The van der Waals surface area contributed by atoms with Gasteiger partial charge in [0.1, 0.15) is 11.6 Å². The van der Waals surface area contributed by atoms with Crippen molar-refractivity contribution in [2.24, 2.45) is 11.3 Å². The summed E-state index contributed by atoms with van der Waals surface area (Å²) in [5.74, 6) is 1.04. The Morgan fingerprint density at radius 2 is 1.90 bits per heavy atom. The number of Topliss-reactive ketones (excluding diaryl/α,β-unsaturated/α-hetero) is 1. The Labute approximate surface area is 185 Å². The van der Waals surface area contributed by atoms with E-state index in [1.165, 1.54) is 23.9 Å². The van der Waals surface area contributed by atoms with Gasteiger partial charge in [0.2, 0.25) is 0 Å². The molecular weight excluding hydrogens is 413 g/mol. The molecule has 31 heavy (non-hydrogen) atoms. The van der Waals surface area contributed by atoms with Gasteiger partial charge in [0.25, 0.3) is 5.56 Å². The zero-order valence-electron chi connectivity index (χ0n) is 18.3. The zero-order chi connectivity index (χ0) is 22.3. The molecule has 0 bridgehead atoms. The number of H-pyrrole nitrogens is 1. The van der Waals surface area contributed by atoms with Crippen molar-refractivity contribution in [3.05, 3.63) is 62.8 Å². The number of allylic oxidation sites excluding steroid dienone is 2. The summed E-state index contributed by atoms with van der Waals surface area (Å²) in [6.45, 7) is 8.46. The van der Waals surface area contributed by atoms with Crippen LogP contribution in [0.4, 0.5) is 10.2 Å². The zero-order valence-corrected chi connectivity index (χ0v) is 19.2. The van der Waals surface area contributed by atoms with E-state index in [9.17, 15) is 14.0 Å². The monoisotopic (exact) mass is 441 g/mol. The van der Waals surface area contributed by atoms with Crippen molar-refractivity contribution in [2.45, 2.75) is 58.0 Å². The number of aromatic amines is 1. The van der Waals surface area contributed by atoms with Gasteiger partial charge in [-0.2, -0.15) is 0 Å². The van der Waals surface area contributed by atoms with E-state index >= 15 is 0 Å². The van der Waals surface area contributed by atoms with Crippen molar-refractivity contribution < 1.29 is 9.18 Å². The number of hydrogen-bond acceptors (Lipinski definition) is 5. The van der Waals surface area contributed by atoms with Crippen molar-refractivity contribution in [1.82, 2.24) is 9.97 Å². The smallest absolute Gasteiger partial charge is 0.257 e. The SMILES string of the molecule is CC(C)CCSc1nc2c(c(=O)[nH]1)C(c1ccc(F)cc1)C1=C(CC(C)(C)CC1=O)N2. The number of carbonyl (C=O) groups is 1. The van der Waals surface area contributed by atoms with Crippen LogP contribution >= 0.6 is 11.8 Å². The third-order valence-electron chi connectivity index (χ3n) is 5.84. The number of nitrogens with one attached hydrogen (secondary N) is 2. The lowest BCUT2D eigenvalue weighted by Crippen LogP contribution is -2.37. The van der Waals surface area contributed by atoms with Crippen LogP contribution < -0.4 is 10.9 Å². The molecule has 0 fully saturated rings. The predicted molar refractivity (Wildman–Crippen MR) is 122 cm³/mol. The molecule has 1 aliphatic heterocycles. The number of nitrogens with zero attached hydrogens (tertiary/aromatic N) is 1. The van der Waals surface area contributed by atoms with Crippen LogP contribution in [0, 0.1) is 17.2 Å². The molecule has 2 heterocycles. The summed E-state index contributed by atoms with van der Waals surface area (Å²) < 4.78 is 13.6. The van der Waals surface area contributed by atoms with Crippen molar-refractivity contribution in [3.8, 4) is 0 Å². The lowest BCUT2D eigenvalue weighted by molar-refractivity contribution is -0.118. The van der Waals surface area contributed by atoms with E-state index in [-0.39, 0.29) is 22.6 Å². The molecule has 2 N–H and O–H groups in total. The summed E-state index contributed by atoms with van der Waals surface area (Å²) in [5.41, 5.74) is 2.13. The fourth-order valence-corrected chi connectivity index (χ4v) is 5.44. The van der Waals surface area contributed by atoms with E-state index in [0.29, 0.717) is 40.9 Å². The van der Waals surface area contributed by atoms with Gasteiger partial charge >= 0.3 is 0 Å². The maximum absolute atomic E-state index is 13.6. The second kappa shape index (κ2) is 8.26. The minimum Gasteiger partial charge on any atom is -0.343 e. The highest BCUT2D eigenvalue weighted by Gasteiger charge is 2.42. The van der Waals surface area contributed by atoms with Gasteiger partial charge in [-0.05, 0) is 41.9 Å². The number of halogens is 1. The second-order valence-electron chi connectivity index (χ2n) is 9.61. The minimum atomic E-state index is -0.554. The van der Waals surface area contributed by atoms with Gasteiger partial charge in [-0.3, -0.25) is 9.59 Å². The molecule has 7 heteroatoms. The maximum atomic E-state index is 13.6. The van der Waals surface area contributed by atoms with Crippen molar-refractivity contribution in [1.29, 1.82) is 0 Å². The largest absolute Gasteiger partial charge is 0.343 e. The van der Waals surface area contributed by atoms with Gasteiger partial charge in [0.05, 0.1) is 5.56 Å². The summed E-state index contributed by atoms with van der Waals surface area (Å²) in [7, 11) is 0. The number of carbonyl (C=O) groups excluding carboxylic acids is 1. The number of fused-ring (bicyclic) bond motifs is 1. The molecule has 4 rings (SSSR count). The Morgan fingerprint density at radius 1 is 1.19 bits per heavy atom. The molecule has 164 valence electrons. The molecule has 1 aromatic carbocycles. The number of hydrogen-bond donors (Lipinski definition) is 2. The lowest BCUT2D eigenvalue weighted by atomic mass is 9.69. The Hall–Kier alpha value is -2.41. The Morgan fingerprint density at radius 3 is 2.58 bits per heavy atom. The molecule has 0 spiro atoms. The third-order valence-corrected chi connectivity index (χ3v) is 6.74. The molecule has 1 aromatic heterocycles. The van der Waals surface area contributed by atoms with E-state index in [0.717, 1.165) is 23.4 Å². The highest BCUT2D eigenvalue weighted by molar-refractivity contribution is 7.99. The molecule has 0 amide bonds. The van der Waals surface area contributed by atoms with Crippen LogP contribution in [0.5, 0.6) is 0 Å². The normalized spacial score (nSPS) is 19.8. The quantitative estimate of drug-likeness (QED) is 0.490. The van der Waals surface area contributed by atoms with E-state index in [4.69, 9.17) is 4.98 Å². The Kier molecular flexibility index (Phi) is 5.81. The summed E-state index contributed by atoms with van der Waals surface area (Å²) in [6, 6.07) is 6.04. The van der Waals surface area contributed by atoms with Crippen LogP contribution in [-0.2, 0) is 4.79 Å². The summed E-state index contributed by atoms with van der Waals surface area (Å²) in [6.07, 6.45) is 2.12. The molecule has 2 aliphatic rings. The van der Waals surface area contributed by atoms with E-state index in [1.807, 2.05) is 0 Å². The Bertz CT molecular complexity index is 1100. The van der Waals surface area contributed by atoms with Crippen molar-refractivity contribution >= 4 is 23.4 Å². The first-order valence-corrected chi connectivity index (χ1v) is 11.7. The van der Waals surface area contributed by atoms with Crippen LogP contribution in [0.3, 0.4) is 0 Å². The standard InChI is InChI=1S/C24H28FN3O2S/c1-13(2)9-10-31-23-27-21-20(22(30)28-23)18(14-5-7-15(25)8-6-14)19-16(26-21)11-24(3,4)12-17(19)29/h5-8,13,18H,9-12H2,1-4H3,(H2,26,27,28,30). The minimum absolute atomic E-state index is 0.0218. The second-order valence-corrected chi connectivity index (χ2v) is 10.7. The highest BCUT2D eigenvalue weighted by atomic mass is 32.2. The van der Waals surface area contributed by atoms with Crippen LogP contribution in [0.25, 0.3) is 0 Å². The molecule has 2 aromatic rings. The number of rotatable bonds is 5. The molecule has 1 atom stereocenters. The number of ketones is 1. The van der Waals surface area contributed by atoms with Gasteiger partial charge in [-0.25, -0.2) is 9.37 Å². The van der Waals surface area contributed by atoms with Crippen LogP contribution in [0.1, 0.15) is 64.0 Å². The highest BCUT2D eigenvalue weighted by Crippen LogP contribution is 2.47. The first-order valence-electron chi connectivity index (χ1n) is 10.7. The fourth-order valence-electron chi connectivity index (χ4n) is 4.34.